The lowest BCUT2D eigenvalue weighted by molar-refractivity contribution is 0.135. The smallest absolute Gasteiger partial charge is 0.132 e. The molecule has 0 saturated carbocycles. The number of aliphatic hydroxyl groups excluding tert-OH is 1. The largest absolute Gasteiger partial charge is 0.496 e. The SMILES string of the molecule is CCSc1c(OC)cccc1C(O)CN(C)C. The van der Waals surface area contributed by atoms with Gasteiger partial charge in [-0.3, -0.25) is 0 Å². The van der Waals surface area contributed by atoms with Gasteiger partial charge in [0, 0.05) is 6.54 Å². The summed E-state index contributed by atoms with van der Waals surface area (Å²) in [7, 11) is 5.57. The number of benzene rings is 1. The molecule has 0 heterocycles. The van der Waals surface area contributed by atoms with E-state index in [9.17, 15) is 5.11 Å². The molecule has 0 amide bonds. The van der Waals surface area contributed by atoms with Crippen molar-refractivity contribution >= 4 is 11.8 Å². The van der Waals surface area contributed by atoms with Crippen LogP contribution in [0.25, 0.3) is 0 Å². The van der Waals surface area contributed by atoms with Gasteiger partial charge in [0.2, 0.25) is 0 Å². The van der Waals surface area contributed by atoms with Crippen LogP contribution in [0.15, 0.2) is 23.1 Å². The minimum absolute atomic E-state index is 0.478. The maximum atomic E-state index is 10.2. The Kier molecular flexibility index (Phi) is 5.82. The highest BCUT2D eigenvalue weighted by molar-refractivity contribution is 7.99. The van der Waals surface area contributed by atoms with E-state index in [-0.39, 0.29) is 0 Å². The van der Waals surface area contributed by atoms with E-state index in [1.807, 2.05) is 37.2 Å². The first-order chi connectivity index (χ1) is 8.10. The second-order valence-electron chi connectivity index (χ2n) is 4.09. The molecule has 0 radical (unpaired) electrons. The summed E-state index contributed by atoms with van der Waals surface area (Å²) in [6.45, 7) is 2.71. The molecule has 17 heavy (non-hydrogen) atoms. The van der Waals surface area contributed by atoms with Crippen LogP contribution in [-0.2, 0) is 0 Å². The van der Waals surface area contributed by atoms with Crippen LogP contribution in [0, 0.1) is 0 Å². The molecule has 0 aliphatic heterocycles. The van der Waals surface area contributed by atoms with Crippen molar-refractivity contribution in [3.63, 3.8) is 0 Å². The van der Waals surface area contributed by atoms with E-state index in [0.717, 1.165) is 22.0 Å². The number of ether oxygens (including phenoxy) is 1. The number of aliphatic hydroxyl groups is 1. The van der Waals surface area contributed by atoms with Crippen LogP contribution in [0.4, 0.5) is 0 Å². The third-order valence-corrected chi connectivity index (χ3v) is 3.43. The number of likely N-dealkylation sites (N-methyl/N-ethyl adjacent to an activating group) is 1. The lowest BCUT2D eigenvalue weighted by Gasteiger charge is -2.20. The summed E-state index contributed by atoms with van der Waals surface area (Å²) in [4.78, 5) is 3.02. The predicted molar refractivity (Wildman–Crippen MR) is 72.9 cm³/mol. The van der Waals surface area contributed by atoms with Crippen molar-refractivity contribution in [1.82, 2.24) is 4.90 Å². The minimum atomic E-state index is -0.478. The Morgan fingerprint density at radius 3 is 2.65 bits per heavy atom. The number of methoxy groups -OCH3 is 1. The summed E-state index contributed by atoms with van der Waals surface area (Å²) >= 11 is 1.71. The molecule has 96 valence electrons. The van der Waals surface area contributed by atoms with Crippen LogP contribution in [0.5, 0.6) is 5.75 Å². The Morgan fingerprint density at radius 1 is 1.41 bits per heavy atom. The molecule has 0 saturated heterocycles. The number of hydrogen-bond donors (Lipinski definition) is 1. The minimum Gasteiger partial charge on any atom is -0.496 e. The summed E-state index contributed by atoms with van der Waals surface area (Å²) in [5.41, 5.74) is 0.949. The van der Waals surface area contributed by atoms with E-state index in [4.69, 9.17) is 4.74 Å². The average molecular weight is 255 g/mol. The van der Waals surface area contributed by atoms with E-state index in [2.05, 4.69) is 6.92 Å². The molecule has 3 nitrogen and oxygen atoms in total. The Labute approximate surface area is 108 Å². The zero-order valence-corrected chi connectivity index (χ0v) is 11.8. The van der Waals surface area contributed by atoms with Gasteiger partial charge < -0.3 is 14.7 Å². The molecular weight excluding hydrogens is 234 g/mol. The standard InChI is InChI=1S/C13H21NO2S/c1-5-17-13-10(11(15)9-14(2)3)7-6-8-12(13)16-4/h6-8,11,15H,5,9H2,1-4H3. The van der Waals surface area contributed by atoms with E-state index in [1.54, 1.807) is 18.9 Å². The van der Waals surface area contributed by atoms with Crippen LogP contribution in [0.1, 0.15) is 18.6 Å². The molecule has 0 aliphatic rings. The van der Waals surface area contributed by atoms with Crippen LogP contribution in [0.3, 0.4) is 0 Å². The molecule has 1 atom stereocenters. The van der Waals surface area contributed by atoms with Crippen molar-refractivity contribution in [2.75, 3.05) is 33.5 Å². The molecule has 0 spiro atoms. The van der Waals surface area contributed by atoms with Gasteiger partial charge in [-0.15, -0.1) is 11.8 Å². The van der Waals surface area contributed by atoms with E-state index >= 15 is 0 Å². The maximum absolute atomic E-state index is 10.2. The molecule has 1 N–H and O–H groups in total. The molecule has 4 heteroatoms. The highest BCUT2D eigenvalue weighted by Crippen LogP contribution is 2.35. The number of nitrogens with zero attached hydrogens (tertiary/aromatic N) is 1. The van der Waals surface area contributed by atoms with E-state index in [1.165, 1.54) is 0 Å². The lowest BCUT2D eigenvalue weighted by atomic mass is 10.1. The first-order valence-corrected chi connectivity index (χ1v) is 6.71. The Morgan fingerprint density at radius 2 is 2.12 bits per heavy atom. The third-order valence-electron chi connectivity index (χ3n) is 2.42. The Balaban J connectivity index is 3.04. The van der Waals surface area contributed by atoms with E-state index < -0.39 is 6.10 Å². The fourth-order valence-corrected chi connectivity index (χ4v) is 2.65. The van der Waals surface area contributed by atoms with Gasteiger partial charge in [-0.05, 0) is 31.5 Å². The van der Waals surface area contributed by atoms with Crippen molar-refractivity contribution in [3.8, 4) is 5.75 Å². The van der Waals surface area contributed by atoms with Gasteiger partial charge in [0.25, 0.3) is 0 Å². The van der Waals surface area contributed by atoms with E-state index in [0.29, 0.717) is 6.54 Å². The van der Waals surface area contributed by atoms with Crippen LogP contribution >= 0.6 is 11.8 Å². The van der Waals surface area contributed by atoms with Gasteiger partial charge in [0.15, 0.2) is 0 Å². The van der Waals surface area contributed by atoms with Crippen molar-refractivity contribution in [3.05, 3.63) is 23.8 Å². The molecule has 1 aromatic rings. The number of hydrogen-bond acceptors (Lipinski definition) is 4. The second-order valence-corrected chi connectivity index (χ2v) is 5.36. The van der Waals surface area contributed by atoms with Gasteiger partial charge in [0.1, 0.15) is 5.75 Å². The molecule has 0 bridgehead atoms. The topological polar surface area (TPSA) is 32.7 Å². The van der Waals surface area contributed by atoms with Crippen LogP contribution in [-0.4, -0.2) is 43.5 Å². The fraction of sp³-hybridized carbons (Fsp3) is 0.538. The first kappa shape index (κ1) is 14.4. The Bertz CT molecular complexity index is 355. The summed E-state index contributed by atoms with van der Waals surface area (Å²) in [6, 6.07) is 5.82. The van der Waals surface area contributed by atoms with Gasteiger partial charge in [-0.1, -0.05) is 19.1 Å². The third kappa shape index (κ3) is 3.91. The summed E-state index contributed by atoms with van der Waals surface area (Å²) in [5.74, 6) is 1.80. The molecule has 0 aromatic heterocycles. The molecule has 0 aliphatic carbocycles. The monoisotopic (exact) mass is 255 g/mol. The number of rotatable bonds is 6. The maximum Gasteiger partial charge on any atom is 0.132 e. The van der Waals surface area contributed by atoms with Gasteiger partial charge in [-0.25, -0.2) is 0 Å². The number of thioether (sulfide) groups is 1. The zero-order valence-electron chi connectivity index (χ0n) is 10.9. The Hall–Kier alpha value is -0.710. The second kappa shape index (κ2) is 6.89. The summed E-state index contributed by atoms with van der Waals surface area (Å²) < 4.78 is 5.35. The van der Waals surface area contributed by atoms with Gasteiger partial charge in [0.05, 0.1) is 18.1 Å². The van der Waals surface area contributed by atoms with Crippen molar-refractivity contribution in [2.24, 2.45) is 0 Å². The van der Waals surface area contributed by atoms with Crippen molar-refractivity contribution < 1.29 is 9.84 Å². The quantitative estimate of drug-likeness (QED) is 0.791. The normalized spacial score (nSPS) is 12.8. The molecule has 1 rings (SSSR count). The highest BCUT2D eigenvalue weighted by atomic mass is 32.2. The van der Waals surface area contributed by atoms with Crippen molar-refractivity contribution in [1.29, 1.82) is 0 Å². The van der Waals surface area contributed by atoms with Gasteiger partial charge in [-0.2, -0.15) is 0 Å². The van der Waals surface area contributed by atoms with Crippen LogP contribution in [0.2, 0.25) is 0 Å². The predicted octanol–water partition coefficient (Wildman–Crippen LogP) is 2.40. The average Bonchev–Trinajstić information content (AvgIpc) is 2.28. The summed E-state index contributed by atoms with van der Waals surface area (Å²) in [6.07, 6.45) is -0.478. The molecule has 1 aromatic carbocycles. The van der Waals surface area contributed by atoms with Crippen LogP contribution < -0.4 is 4.74 Å². The zero-order chi connectivity index (χ0) is 12.8. The molecule has 0 fully saturated rings. The lowest BCUT2D eigenvalue weighted by Crippen LogP contribution is -2.20. The molecular formula is C13H21NO2S. The first-order valence-electron chi connectivity index (χ1n) is 5.72. The van der Waals surface area contributed by atoms with Gasteiger partial charge >= 0.3 is 0 Å². The molecule has 1 unspecified atom stereocenters. The summed E-state index contributed by atoms with van der Waals surface area (Å²) in [5, 5.41) is 10.2. The van der Waals surface area contributed by atoms with Crippen molar-refractivity contribution in [2.45, 2.75) is 17.9 Å². The highest BCUT2D eigenvalue weighted by Gasteiger charge is 2.16. The fourth-order valence-electron chi connectivity index (χ4n) is 1.70.